The Balaban J connectivity index is 1.75. The summed E-state index contributed by atoms with van der Waals surface area (Å²) >= 11 is 0. The zero-order valence-electron chi connectivity index (χ0n) is 43.4. The summed E-state index contributed by atoms with van der Waals surface area (Å²) in [6, 6.07) is 10.5. The SMILES string of the molecule is CCCCCCCCCCCCCCCCCCCCCCCCCCCCc1c[c]cc(CCCCCCCCCCCCCCCCCCCCCCCCCCCC)c1. The molecule has 0 atom stereocenters. The lowest BCUT2D eigenvalue weighted by Gasteiger charge is -2.07. The molecule has 0 fully saturated rings. The summed E-state index contributed by atoms with van der Waals surface area (Å²) in [4.78, 5) is 0. The number of unbranched alkanes of at least 4 members (excludes halogenated alkanes) is 50. The van der Waals surface area contributed by atoms with E-state index < -0.39 is 0 Å². The molecule has 0 saturated heterocycles. The molecule has 0 aliphatic heterocycles. The molecule has 0 aliphatic carbocycles. The Bertz CT molecular complexity index is 858. The Labute approximate surface area is 394 Å². The summed E-state index contributed by atoms with van der Waals surface area (Å²) in [5.74, 6) is 0. The van der Waals surface area contributed by atoms with Gasteiger partial charge >= 0.3 is 0 Å². The van der Waals surface area contributed by atoms with Crippen LogP contribution in [0.25, 0.3) is 0 Å². The number of benzene rings is 1. The molecule has 0 heteroatoms. The maximum Gasteiger partial charge on any atom is -0.0178 e. The van der Waals surface area contributed by atoms with Crippen LogP contribution in [0, 0.1) is 6.07 Å². The average Bonchev–Trinajstić information content (AvgIpc) is 3.29. The zero-order chi connectivity index (χ0) is 44.2. The fourth-order valence-electron chi connectivity index (χ4n) is 10.2. The molecule has 0 spiro atoms. The highest BCUT2D eigenvalue weighted by molar-refractivity contribution is 5.22. The first-order valence-electron chi connectivity index (χ1n) is 29.9. The van der Waals surface area contributed by atoms with Gasteiger partial charge in [0.2, 0.25) is 0 Å². The number of aryl methyl sites for hydroxylation is 2. The predicted molar refractivity (Wildman–Crippen MR) is 284 cm³/mol. The second kappa shape index (κ2) is 52.8. The standard InChI is InChI=1S/C62H117/c1-3-5-7-9-11-13-15-17-19-21-23-25-27-29-31-33-35-37-39-41-43-45-47-49-51-53-56-61-58-55-59-62(60-61)57-54-52-50-48-46-44-42-40-38-36-34-32-30-28-26-24-22-20-18-16-14-12-10-8-6-4-2/h58-60H,3-54,56-57H2,1-2H3. The maximum atomic E-state index is 3.47. The van der Waals surface area contributed by atoms with E-state index in [0.717, 1.165) is 0 Å². The minimum atomic E-state index is 1.25. The van der Waals surface area contributed by atoms with Crippen molar-refractivity contribution in [2.24, 2.45) is 0 Å². The molecule has 1 aromatic rings. The second-order valence-electron chi connectivity index (χ2n) is 20.9. The van der Waals surface area contributed by atoms with Crippen molar-refractivity contribution in [2.45, 2.75) is 361 Å². The molecule has 0 saturated carbocycles. The molecule has 0 nitrogen and oxygen atoms in total. The van der Waals surface area contributed by atoms with Gasteiger partial charge in [-0.25, -0.2) is 0 Å². The van der Waals surface area contributed by atoms with Crippen LogP contribution < -0.4 is 0 Å². The summed E-state index contributed by atoms with van der Waals surface area (Å²) in [5, 5.41) is 0. The molecule has 62 heavy (non-hydrogen) atoms. The van der Waals surface area contributed by atoms with Crippen LogP contribution in [0.1, 0.15) is 359 Å². The van der Waals surface area contributed by atoms with Crippen LogP contribution in [0.3, 0.4) is 0 Å². The van der Waals surface area contributed by atoms with Crippen molar-refractivity contribution in [1.82, 2.24) is 0 Å². The van der Waals surface area contributed by atoms with Gasteiger partial charge in [-0.15, -0.1) is 0 Å². The molecular formula is C62H117. The highest BCUT2D eigenvalue weighted by Gasteiger charge is 2.01. The molecule has 0 amide bonds. The van der Waals surface area contributed by atoms with Crippen LogP contribution in [-0.2, 0) is 12.8 Å². The van der Waals surface area contributed by atoms with Crippen LogP contribution in [-0.4, -0.2) is 0 Å². The topological polar surface area (TPSA) is 0 Å². The highest BCUT2D eigenvalue weighted by atomic mass is 14.1. The summed E-state index contributed by atoms with van der Waals surface area (Å²) in [6.07, 6.45) is 78.7. The van der Waals surface area contributed by atoms with Gasteiger partial charge in [0.25, 0.3) is 0 Å². The highest BCUT2D eigenvalue weighted by Crippen LogP contribution is 2.19. The molecule has 0 heterocycles. The summed E-state index contributed by atoms with van der Waals surface area (Å²) in [7, 11) is 0. The molecule has 0 aromatic heterocycles. The van der Waals surface area contributed by atoms with Gasteiger partial charge in [-0.05, 0) is 42.9 Å². The van der Waals surface area contributed by atoms with E-state index >= 15 is 0 Å². The van der Waals surface area contributed by atoms with Crippen molar-refractivity contribution >= 4 is 0 Å². The lowest BCUT2D eigenvalue weighted by atomic mass is 9.99. The van der Waals surface area contributed by atoms with Gasteiger partial charge in [-0.1, -0.05) is 353 Å². The Kier molecular flexibility index (Phi) is 50.5. The van der Waals surface area contributed by atoms with Crippen molar-refractivity contribution < 1.29 is 0 Å². The van der Waals surface area contributed by atoms with Crippen LogP contribution in [0.4, 0.5) is 0 Å². The van der Waals surface area contributed by atoms with Crippen LogP contribution in [0.5, 0.6) is 0 Å². The number of hydrogen-bond donors (Lipinski definition) is 0. The van der Waals surface area contributed by atoms with E-state index in [1.165, 1.54) is 358 Å². The quantitative estimate of drug-likeness (QED) is 0.0573. The van der Waals surface area contributed by atoms with E-state index in [1.807, 2.05) is 0 Å². The van der Waals surface area contributed by atoms with Crippen molar-refractivity contribution in [2.75, 3.05) is 0 Å². The number of rotatable bonds is 54. The van der Waals surface area contributed by atoms with Crippen LogP contribution >= 0.6 is 0 Å². The average molecular weight is 863 g/mol. The molecule has 1 rings (SSSR count). The van der Waals surface area contributed by atoms with Gasteiger partial charge in [-0.2, -0.15) is 0 Å². The predicted octanol–water partition coefficient (Wildman–Crippen LogP) is 22.9. The monoisotopic (exact) mass is 862 g/mol. The van der Waals surface area contributed by atoms with Crippen molar-refractivity contribution in [3.63, 3.8) is 0 Å². The normalized spacial score (nSPS) is 11.6. The van der Waals surface area contributed by atoms with Crippen molar-refractivity contribution in [1.29, 1.82) is 0 Å². The third-order valence-corrected chi connectivity index (χ3v) is 14.5. The van der Waals surface area contributed by atoms with Gasteiger partial charge in [0.1, 0.15) is 0 Å². The zero-order valence-corrected chi connectivity index (χ0v) is 43.4. The Hall–Kier alpha value is -0.780. The maximum absolute atomic E-state index is 3.47. The molecule has 0 aliphatic rings. The lowest BCUT2D eigenvalue weighted by molar-refractivity contribution is 0.515. The first kappa shape index (κ1) is 59.2. The van der Waals surface area contributed by atoms with Crippen LogP contribution in [0.15, 0.2) is 18.2 Å². The van der Waals surface area contributed by atoms with Gasteiger partial charge in [0, 0.05) is 0 Å². The first-order valence-corrected chi connectivity index (χ1v) is 29.9. The van der Waals surface area contributed by atoms with E-state index in [1.54, 1.807) is 0 Å². The van der Waals surface area contributed by atoms with Crippen LogP contribution in [0.2, 0.25) is 0 Å². The van der Waals surface area contributed by atoms with E-state index in [9.17, 15) is 0 Å². The largest absolute Gasteiger partial charge is 0.0654 e. The van der Waals surface area contributed by atoms with E-state index in [-0.39, 0.29) is 0 Å². The number of hydrogen-bond acceptors (Lipinski definition) is 0. The van der Waals surface area contributed by atoms with Crippen molar-refractivity contribution in [3.05, 3.63) is 35.4 Å². The lowest BCUT2D eigenvalue weighted by Crippen LogP contribution is -1.91. The second-order valence-corrected chi connectivity index (χ2v) is 20.9. The Morgan fingerprint density at radius 1 is 0.210 bits per heavy atom. The molecule has 365 valence electrons. The molecule has 1 aromatic carbocycles. The summed E-state index contributed by atoms with van der Waals surface area (Å²) < 4.78 is 0. The fraction of sp³-hybridized carbons (Fsp3) is 0.903. The van der Waals surface area contributed by atoms with Gasteiger partial charge < -0.3 is 0 Å². The molecule has 0 N–H and O–H groups in total. The smallest absolute Gasteiger partial charge is 0.0178 e. The Morgan fingerprint density at radius 2 is 0.355 bits per heavy atom. The third kappa shape index (κ3) is 47.2. The van der Waals surface area contributed by atoms with E-state index in [2.05, 4.69) is 38.1 Å². The fourth-order valence-corrected chi connectivity index (χ4v) is 10.2. The molecule has 0 unspecified atom stereocenters. The van der Waals surface area contributed by atoms with Crippen molar-refractivity contribution in [3.8, 4) is 0 Å². The summed E-state index contributed by atoms with van der Waals surface area (Å²) in [5.41, 5.74) is 3.06. The first-order chi connectivity index (χ1) is 30.9. The Morgan fingerprint density at radius 3 is 0.516 bits per heavy atom. The molecule has 0 bridgehead atoms. The summed E-state index contributed by atoms with van der Waals surface area (Å²) in [6.45, 7) is 4.62. The minimum Gasteiger partial charge on any atom is -0.0654 e. The van der Waals surface area contributed by atoms with Gasteiger partial charge in [0.15, 0.2) is 0 Å². The minimum absolute atomic E-state index is 1.25. The van der Waals surface area contributed by atoms with Gasteiger partial charge in [-0.3, -0.25) is 0 Å². The van der Waals surface area contributed by atoms with E-state index in [4.69, 9.17) is 0 Å². The molecular weight excluding hydrogens is 745 g/mol. The third-order valence-electron chi connectivity index (χ3n) is 14.5. The van der Waals surface area contributed by atoms with E-state index in [0.29, 0.717) is 0 Å². The molecule has 1 radical (unpaired) electrons. The van der Waals surface area contributed by atoms with Gasteiger partial charge in [0.05, 0.1) is 0 Å².